The molecule has 1 aromatic carbocycles. The second-order valence-electron chi connectivity index (χ2n) is 7.83. The average Bonchev–Trinajstić information content (AvgIpc) is 3.05. The van der Waals surface area contributed by atoms with Crippen molar-refractivity contribution in [2.75, 3.05) is 52.5 Å². The van der Waals surface area contributed by atoms with E-state index in [-0.39, 0.29) is 0 Å². The van der Waals surface area contributed by atoms with Crippen molar-refractivity contribution in [2.45, 2.75) is 30.7 Å². The fourth-order valence-electron chi connectivity index (χ4n) is 4.58. The summed E-state index contributed by atoms with van der Waals surface area (Å²) in [6, 6.07) is 7.51. The second-order valence-corrected chi connectivity index (χ2v) is 9.74. The maximum Gasteiger partial charge on any atom is 0.243 e. The lowest BCUT2D eigenvalue weighted by atomic mass is 9.78. The number of rotatable bonds is 4. The molecule has 1 aromatic rings. The quantitative estimate of drug-likeness (QED) is 0.854. The second kappa shape index (κ2) is 7.56. The standard InChI is InChI=1S/C19H29N3O3S/c23-26(24,22-11-13-25-14-12-22)18-4-2-1-3-17(18)15-21-10-7-19(16-21)5-8-20-9-6-19/h1-4,20H,5-16H2. The molecule has 0 atom stereocenters. The zero-order chi connectivity index (χ0) is 18.0. The Kier molecular flexibility index (Phi) is 5.34. The minimum absolute atomic E-state index is 0.434. The summed E-state index contributed by atoms with van der Waals surface area (Å²) in [7, 11) is -3.45. The molecular formula is C19H29N3O3S. The van der Waals surface area contributed by atoms with E-state index in [0.29, 0.717) is 36.6 Å². The summed E-state index contributed by atoms with van der Waals surface area (Å²) in [6.45, 7) is 6.91. The van der Waals surface area contributed by atoms with Crippen molar-refractivity contribution in [3.8, 4) is 0 Å². The zero-order valence-electron chi connectivity index (χ0n) is 15.3. The number of sulfonamides is 1. The number of ether oxygens (including phenoxy) is 1. The van der Waals surface area contributed by atoms with Gasteiger partial charge in [0.1, 0.15) is 0 Å². The van der Waals surface area contributed by atoms with Gasteiger partial charge in [0.05, 0.1) is 18.1 Å². The summed E-state index contributed by atoms with van der Waals surface area (Å²) in [5.41, 5.74) is 1.36. The Morgan fingerprint density at radius 3 is 2.54 bits per heavy atom. The van der Waals surface area contributed by atoms with Gasteiger partial charge in [-0.15, -0.1) is 0 Å². The predicted octanol–water partition coefficient (Wildman–Crippen LogP) is 1.28. The van der Waals surface area contributed by atoms with Crippen molar-refractivity contribution in [1.82, 2.24) is 14.5 Å². The summed E-state index contributed by atoms with van der Waals surface area (Å²) in [5, 5.41) is 3.45. The summed E-state index contributed by atoms with van der Waals surface area (Å²) in [5.74, 6) is 0. The van der Waals surface area contributed by atoms with E-state index in [4.69, 9.17) is 4.74 Å². The molecule has 0 unspecified atom stereocenters. The molecule has 3 fully saturated rings. The van der Waals surface area contributed by atoms with Crippen LogP contribution in [0.4, 0.5) is 0 Å². The van der Waals surface area contributed by atoms with Crippen molar-refractivity contribution in [2.24, 2.45) is 5.41 Å². The fraction of sp³-hybridized carbons (Fsp3) is 0.684. The fourth-order valence-corrected chi connectivity index (χ4v) is 6.20. The molecule has 0 aromatic heterocycles. The van der Waals surface area contributed by atoms with Gasteiger partial charge in [0.15, 0.2) is 0 Å². The van der Waals surface area contributed by atoms with Crippen molar-refractivity contribution in [1.29, 1.82) is 0 Å². The third-order valence-corrected chi connectivity index (χ3v) is 8.14. The van der Waals surface area contributed by atoms with Gasteiger partial charge in [0, 0.05) is 26.2 Å². The highest BCUT2D eigenvalue weighted by Gasteiger charge is 2.39. The first-order chi connectivity index (χ1) is 12.6. The van der Waals surface area contributed by atoms with Gasteiger partial charge in [-0.1, -0.05) is 18.2 Å². The molecule has 26 heavy (non-hydrogen) atoms. The molecule has 144 valence electrons. The minimum atomic E-state index is -3.45. The van der Waals surface area contributed by atoms with Gasteiger partial charge >= 0.3 is 0 Å². The van der Waals surface area contributed by atoms with Crippen LogP contribution in [0.3, 0.4) is 0 Å². The predicted molar refractivity (Wildman–Crippen MR) is 100 cm³/mol. The molecule has 3 saturated heterocycles. The van der Waals surface area contributed by atoms with Crippen LogP contribution in [0.15, 0.2) is 29.2 Å². The highest BCUT2D eigenvalue weighted by molar-refractivity contribution is 7.89. The number of morpholine rings is 1. The smallest absolute Gasteiger partial charge is 0.243 e. The first-order valence-electron chi connectivity index (χ1n) is 9.68. The largest absolute Gasteiger partial charge is 0.379 e. The Balaban J connectivity index is 1.51. The van der Waals surface area contributed by atoms with E-state index in [0.717, 1.165) is 38.3 Å². The van der Waals surface area contributed by atoms with Gasteiger partial charge in [-0.25, -0.2) is 8.42 Å². The molecule has 1 spiro atoms. The third kappa shape index (κ3) is 3.68. The number of benzene rings is 1. The number of piperidine rings is 1. The lowest BCUT2D eigenvalue weighted by molar-refractivity contribution is 0.0730. The van der Waals surface area contributed by atoms with Gasteiger partial charge in [-0.3, -0.25) is 4.90 Å². The van der Waals surface area contributed by atoms with Crippen LogP contribution >= 0.6 is 0 Å². The molecule has 3 heterocycles. The van der Waals surface area contributed by atoms with Crippen molar-refractivity contribution in [3.63, 3.8) is 0 Å². The summed E-state index contributed by atoms with van der Waals surface area (Å²) in [4.78, 5) is 2.91. The van der Waals surface area contributed by atoms with Crippen molar-refractivity contribution < 1.29 is 13.2 Å². The van der Waals surface area contributed by atoms with Crippen LogP contribution < -0.4 is 5.32 Å². The first kappa shape index (κ1) is 18.4. The van der Waals surface area contributed by atoms with Crippen LogP contribution in [0.2, 0.25) is 0 Å². The van der Waals surface area contributed by atoms with Gasteiger partial charge in [-0.05, 0) is 55.9 Å². The SMILES string of the molecule is O=S(=O)(c1ccccc1CN1CCC2(CCNCC2)C1)N1CCOCC1. The number of hydrogen-bond acceptors (Lipinski definition) is 5. The van der Waals surface area contributed by atoms with Crippen molar-refractivity contribution in [3.05, 3.63) is 29.8 Å². The maximum absolute atomic E-state index is 13.1. The molecule has 0 aliphatic carbocycles. The van der Waals surface area contributed by atoms with Crippen LogP contribution in [0, 0.1) is 5.41 Å². The number of likely N-dealkylation sites (tertiary alicyclic amines) is 1. The summed E-state index contributed by atoms with van der Waals surface area (Å²) in [6.07, 6.45) is 3.70. The van der Waals surface area contributed by atoms with E-state index >= 15 is 0 Å². The number of nitrogens with zero attached hydrogens (tertiary/aromatic N) is 2. The monoisotopic (exact) mass is 379 g/mol. The Morgan fingerprint density at radius 1 is 1.04 bits per heavy atom. The average molecular weight is 380 g/mol. The first-order valence-corrected chi connectivity index (χ1v) is 11.1. The van der Waals surface area contributed by atoms with E-state index in [1.807, 2.05) is 18.2 Å². The number of nitrogens with one attached hydrogen (secondary N) is 1. The molecule has 4 rings (SSSR count). The van der Waals surface area contributed by atoms with E-state index in [9.17, 15) is 8.42 Å². The van der Waals surface area contributed by atoms with E-state index in [1.165, 1.54) is 19.3 Å². The normalized spacial score (nSPS) is 24.9. The third-order valence-electron chi connectivity index (χ3n) is 6.14. The topological polar surface area (TPSA) is 61.9 Å². The van der Waals surface area contributed by atoms with Crippen LogP contribution in [0.1, 0.15) is 24.8 Å². The molecule has 0 saturated carbocycles. The Morgan fingerprint density at radius 2 is 1.77 bits per heavy atom. The zero-order valence-corrected chi connectivity index (χ0v) is 16.1. The van der Waals surface area contributed by atoms with Gasteiger partial charge in [0.2, 0.25) is 10.0 Å². The molecule has 7 heteroatoms. The molecule has 3 aliphatic heterocycles. The minimum Gasteiger partial charge on any atom is -0.379 e. The molecule has 0 amide bonds. The lowest BCUT2D eigenvalue weighted by Crippen LogP contribution is -2.41. The van der Waals surface area contributed by atoms with Gasteiger partial charge < -0.3 is 10.1 Å². The molecule has 0 bridgehead atoms. The van der Waals surface area contributed by atoms with Gasteiger partial charge in [-0.2, -0.15) is 4.31 Å². The number of hydrogen-bond donors (Lipinski definition) is 1. The Hall–Kier alpha value is -0.990. The molecule has 0 radical (unpaired) electrons. The van der Waals surface area contributed by atoms with Gasteiger partial charge in [0.25, 0.3) is 0 Å². The molecule has 6 nitrogen and oxygen atoms in total. The Bertz CT molecular complexity index is 725. The maximum atomic E-state index is 13.1. The highest BCUT2D eigenvalue weighted by Crippen LogP contribution is 2.39. The lowest BCUT2D eigenvalue weighted by Gasteiger charge is -2.34. The molecule has 3 aliphatic rings. The molecule has 1 N–H and O–H groups in total. The van der Waals surface area contributed by atoms with Crippen LogP contribution in [-0.2, 0) is 21.3 Å². The van der Waals surface area contributed by atoms with E-state index in [1.54, 1.807) is 10.4 Å². The van der Waals surface area contributed by atoms with Crippen LogP contribution in [0.25, 0.3) is 0 Å². The van der Waals surface area contributed by atoms with E-state index in [2.05, 4.69) is 10.2 Å². The summed E-state index contributed by atoms with van der Waals surface area (Å²) >= 11 is 0. The van der Waals surface area contributed by atoms with Crippen LogP contribution in [-0.4, -0.2) is 70.1 Å². The Labute approximate surface area is 156 Å². The van der Waals surface area contributed by atoms with Crippen LogP contribution in [0.5, 0.6) is 0 Å². The summed E-state index contributed by atoms with van der Waals surface area (Å²) < 4.78 is 33.1. The highest BCUT2D eigenvalue weighted by atomic mass is 32.2. The molecular weight excluding hydrogens is 350 g/mol. The van der Waals surface area contributed by atoms with Crippen molar-refractivity contribution >= 4 is 10.0 Å². The van der Waals surface area contributed by atoms with E-state index < -0.39 is 10.0 Å².